The van der Waals surface area contributed by atoms with E-state index < -0.39 is 5.54 Å². The van der Waals surface area contributed by atoms with Crippen LogP contribution in [0.1, 0.15) is 20.3 Å². The van der Waals surface area contributed by atoms with Crippen LogP contribution >= 0.6 is 0 Å². The third-order valence-corrected chi connectivity index (χ3v) is 2.46. The van der Waals surface area contributed by atoms with Gasteiger partial charge >= 0.3 is 0 Å². The Hall–Kier alpha value is -1.34. The number of carbonyl (C=O) groups excluding carboxylic acids is 1. The number of hydrogen-bond donors (Lipinski definition) is 3. The van der Waals surface area contributed by atoms with Crippen molar-refractivity contribution in [2.75, 3.05) is 26.9 Å². The number of ether oxygens (including phenoxy) is 2. The average Bonchev–Trinajstić information content (AvgIpc) is 2.33. The average molecular weight is 247 g/mol. The number of methoxy groups -OCH3 is 1. The summed E-state index contributed by atoms with van der Waals surface area (Å²) in [6.45, 7) is 4.19. The first kappa shape index (κ1) is 15.7. The van der Waals surface area contributed by atoms with E-state index in [2.05, 4.69) is 10.5 Å². The van der Waals surface area contributed by atoms with Crippen molar-refractivity contribution >= 4 is 11.7 Å². The molecule has 0 fully saturated rings. The number of amides is 1. The molecule has 100 valence electrons. The van der Waals surface area contributed by atoms with E-state index in [0.29, 0.717) is 19.6 Å². The van der Waals surface area contributed by atoms with Gasteiger partial charge in [0.15, 0.2) is 5.84 Å². The largest absolute Gasteiger partial charge is 0.409 e. The zero-order valence-electron chi connectivity index (χ0n) is 10.5. The number of oxime groups is 1. The lowest BCUT2D eigenvalue weighted by atomic mass is 9.97. The molecule has 0 bridgehead atoms. The Labute approximate surface area is 101 Å². The van der Waals surface area contributed by atoms with Crippen LogP contribution in [0.25, 0.3) is 0 Å². The molecule has 4 N–H and O–H groups in total. The summed E-state index contributed by atoms with van der Waals surface area (Å²) in [5.41, 5.74) is 4.65. The molecule has 0 saturated carbocycles. The first-order chi connectivity index (χ1) is 8.00. The van der Waals surface area contributed by atoms with E-state index in [9.17, 15) is 4.79 Å². The predicted octanol–water partition coefficient (Wildman–Crippen LogP) is -0.319. The van der Waals surface area contributed by atoms with E-state index in [-0.39, 0.29) is 18.3 Å². The van der Waals surface area contributed by atoms with Crippen molar-refractivity contribution in [1.29, 1.82) is 0 Å². The van der Waals surface area contributed by atoms with Crippen LogP contribution in [0.3, 0.4) is 0 Å². The standard InChI is InChI=1S/C10H21N3O4/c1-4-10(2,9(11)13-15)12-8(14)7-17-6-5-16-3/h15H,4-7H2,1-3H3,(H2,11,13)(H,12,14). The maximum absolute atomic E-state index is 11.5. The summed E-state index contributed by atoms with van der Waals surface area (Å²) >= 11 is 0. The van der Waals surface area contributed by atoms with Crippen LogP contribution in [0.4, 0.5) is 0 Å². The van der Waals surface area contributed by atoms with Crippen LogP contribution in [0.15, 0.2) is 5.16 Å². The molecule has 17 heavy (non-hydrogen) atoms. The molecule has 0 aliphatic carbocycles. The van der Waals surface area contributed by atoms with Gasteiger partial charge in [0.05, 0.1) is 18.8 Å². The van der Waals surface area contributed by atoms with Gasteiger partial charge in [-0.15, -0.1) is 0 Å². The molecule has 0 aliphatic rings. The van der Waals surface area contributed by atoms with Gasteiger partial charge in [0.2, 0.25) is 5.91 Å². The van der Waals surface area contributed by atoms with Crippen molar-refractivity contribution in [3.05, 3.63) is 0 Å². The minimum atomic E-state index is -0.865. The molecular weight excluding hydrogens is 226 g/mol. The highest BCUT2D eigenvalue weighted by Gasteiger charge is 2.29. The van der Waals surface area contributed by atoms with Crippen molar-refractivity contribution in [2.24, 2.45) is 10.9 Å². The molecule has 0 aliphatic heterocycles. The number of nitrogens with one attached hydrogen (secondary N) is 1. The third-order valence-electron chi connectivity index (χ3n) is 2.46. The van der Waals surface area contributed by atoms with Crippen molar-refractivity contribution < 1.29 is 19.5 Å². The Morgan fingerprint density at radius 2 is 2.18 bits per heavy atom. The van der Waals surface area contributed by atoms with Gasteiger partial charge in [0, 0.05) is 7.11 Å². The molecule has 0 spiro atoms. The lowest BCUT2D eigenvalue weighted by Gasteiger charge is -2.27. The molecular formula is C10H21N3O4. The fourth-order valence-electron chi connectivity index (χ4n) is 1.09. The minimum absolute atomic E-state index is 0.0368. The van der Waals surface area contributed by atoms with Gasteiger partial charge in [-0.05, 0) is 13.3 Å². The summed E-state index contributed by atoms with van der Waals surface area (Å²) in [6.07, 6.45) is 0.507. The summed E-state index contributed by atoms with van der Waals surface area (Å²) < 4.78 is 9.83. The number of amidine groups is 1. The van der Waals surface area contributed by atoms with Gasteiger partial charge < -0.3 is 25.7 Å². The quantitative estimate of drug-likeness (QED) is 0.179. The molecule has 0 rings (SSSR count). The first-order valence-corrected chi connectivity index (χ1v) is 5.35. The van der Waals surface area contributed by atoms with Crippen molar-refractivity contribution in [2.45, 2.75) is 25.8 Å². The summed E-state index contributed by atoms with van der Waals surface area (Å²) in [6, 6.07) is 0. The lowest BCUT2D eigenvalue weighted by Crippen LogP contribution is -2.55. The third kappa shape index (κ3) is 5.50. The van der Waals surface area contributed by atoms with Gasteiger partial charge in [0.25, 0.3) is 0 Å². The Morgan fingerprint density at radius 3 is 2.65 bits per heavy atom. The number of hydrogen-bond acceptors (Lipinski definition) is 5. The van der Waals surface area contributed by atoms with Gasteiger partial charge in [-0.2, -0.15) is 0 Å². The molecule has 0 aromatic rings. The molecule has 0 aromatic heterocycles. The fraction of sp³-hybridized carbons (Fsp3) is 0.800. The molecule has 1 unspecified atom stereocenters. The van der Waals surface area contributed by atoms with E-state index in [4.69, 9.17) is 20.4 Å². The van der Waals surface area contributed by atoms with Crippen LogP contribution in [0, 0.1) is 0 Å². The summed E-state index contributed by atoms with van der Waals surface area (Å²) in [5.74, 6) is -0.359. The Morgan fingerprint density at radius 1 is 1.53 bits per heavy atom. The van der Waals surface area contributed by atoms with Gasteiger partial charge in [-0.3, -0.25) is 4.79 Å². The van der Waals surface area contributed by atoms with Crippen LogP contribution in [-0.2, 0) is 14.3 Å². The highest BCUT2D eigenvalue weighted by molar-refractivity contribution is 5.93. The smallest absolute Gasteiger partial charge is 0.246 e. The SMILES string of the molecule is CCC(C)(NC(=O)COCCOC)C(N)=NO. The van der Waals surface area contributed by atoms with Crippen LogP contribution < -0.4 is 11.1 Å². The molecule has 1 atom stereocenters. The number of carbonyl (C=O) groups is 1. The highest BCUT2D eigenvalue weighted by atomic mass is 16.5. The van der Waals surface area contributed by atoms with E-state index >= 15 is 0 Å². The lowest BCUT2D eigenvalue weighted by molar-refractivity contribution is -0.127. The molecule has 0 heterocycles. The second-order valence-corrected chi connectivity index (χ2v) is 3.76. The Balaban J connectivity index is 4.16. The first-order valence-electron chi connectivity index (χ1n) is 5.35. The summed E-state index contributed by atoms with van der Waals surface area (Å²) in [7, 11) is 1.55. The van der Waals surface area contributed by atoms with E-state index in [0.717, 1.165) is 0 Å². The summed E-state index contributed by atoms with van der Waals surface area (Å²) in [4.78, 5) is 11.5. The molecule has 0 saturated heterocycles. The number of nitrogens with zero attached hydrogens (tertiary/aromatic N) is 1. The maximum atomic E-state index is 11.5. The van der Waals surface area contributed by atoms with Crippen LogP contribution in [-0.4, -0.2) is 49.4 Å². The zero-order valence-corrected chi connectivity index (χ0v) is 10.5. The minimum Gasteiger partial charge on any atom is -0.409 e. The molecule has 0 radical (unpaired) electrons. The van der Waals surface area contributed by atoms with Gasteiger partial charge in [-0.1, -0.05) is 12.1 Å². The normalized spacial score (nSPS) is 15.4. The predicted molar refractivity (Wildman–Crippen MR) is 62.9 cm³/mol. The van der Waals surface area contributed by atoms with E-state index in [1.54, 1.807) is 14.0 Å². The second-order valence-electron chi connectivity index (χ2n) is 3.76. The number of nitrogens with two attached hydrogens (primary N) is 1. The van der Waals surface area contributed by atoms with E-state index in [1.165, 1.54) is 0 Å². The van der Waals surface area contributed by atoms with Crippen molar-refractivity contribution in [3.8, 4) is 0 Å². The fourth-order valence-corrected chi connectivity index (χ4v) is 1.09. The molecule has 7 nitrogen and oxygen atoms in total. The van der Waals surface area contributed by atoms with Crippen LogP contribution in [0.2, 0.25) is 0 Å². The zero-order chi connectivity index (χ0) is 13.3. The second kappa shape index (κ2) is 7.86. The Kier molecular flexibility index (Phi) is 7.24. The monoisotopic (exact) mass is 247 g/mol. The number of rotatable bonds is 8. The van der Waals surface area contributed by atoms with Crippen molar-refractivity contribution in [3.63, 3.8) is 0 Å². The molecule has 0 aromatic carbocycles. The van der Waals surface area contributed by atoms with Crippen molar-refractivity contribution in [1.82, 2.24) is 5.32 Å². The molecule has 7 heteroatoms. The molecule has 1 amide bonds. The summed E-state index contributed by atoms with van der Waals surface area (Å²) in [5, 5.41) is 14.2. The highest BCUT2D eigenvalue weighted by Crippen LogP contribution is 2.08. The Bertz CT molecular complexity index is 270. The van der Waals surface area contributed by atoms with Gasteiger partial charge in [0.1, 0.15) is 6.61 Å². The van der Waals surface area contributed by atoms with Gasteiger partial charge in [-0.25, -0.2) is 0 Å². The van der Waals surface area contributed by atoms with E-state index in [1.807, 2.05) is 6.92 Å². The van der Waals surface area contributed by atoms with Crippen LogP contribution in [0.5, 0.6) is 0 Å². The maximum Gasteiger partial charge on any atom is 0.246 e. The topological polar surface area (TPSA) is 106 Å².